The standard InChI is InChI=1S/C12H6Cl2S/c13-9-5-1-3-7-8-4-2-6-10(14)12(8)15-11(7)9/h1-6H. The molecule has 0 aliphatic rings. The van der Waals surface area contributed by atoms with Gasteiger partial charge in [-0.2, -0.15) is 0 Å². The topological polar surface area (TPSA) is 0 Å². The predicted molar refractivity (Wildman–Crippen MR) is 69.4 cm³/mol. The average Bonchev–Trinajstić information content (AvgIpc) is 2.60. The maximum Gasteiger partial charge on any atom is 0.0584 e. The van der Waals surface area contributed by atoms with Crippen LogP contribution in [0.25, 0.3) is 20.2 Å². The van der Waals surface area contributed by atoms with Crippen molar-refractivity contribution in [3.63, 3.8) is 0 Å². The zero-order valence-electron chi connectivity index (χ0n) is 7.63. The largest absolute Gasteiger partial charge is 0.132 e. The lowest BCUT2D eigenvalue weighted by Gasteiger charge is -1.92. The molecule has 3 rings (SSSR count). The minimum atomic E-state index is 0.796. The summed E-state index contributed by atoms with van der Waals surface area (Å²) < 4.78 is 2.23. The Bertz CT molecular complexity index is 599. The van der Waals surface area contributed by atoms with Gasteiger partial charge in [-0.1, -0.05) is 47.5 Å². The van der Waals surface area contributed by atoms with E-state index in [1.54, 1.807) is 11.3 Å². The molecule has 15 heavy (non-hydrogen) atoms. The molecule has 74 valence electrons. The molecule has 0 aliphatic heterocycles. The van der Waals surface area contributed by atoms with Gasteiger partial charge in [0.15, 0.2) is 0 Å². The van der Waals surface area contributed by atoms with E-state index in [1.807, 2.05) is 24.3 Å². The summed E-state index contributed by atoms with van der Waals surface area (Å²) in [5.74, 6) is 0. The minimum Gasteiger partial charge on any atom is -0.132 e. The van der Waals surface area contributed by atoms with Crippen molar-refractivity contribution >= 4 is 54.7 Å². The molecule has 0 nitrogen and oxygen atoms in total. The molecule has 0 spiro atoms. The predicted octanol–water partition coefficient (Wildman–Crippen LogP) is 5.36. The Morgan fingerprint density at radius 1 is 0.733 bits per heavy atom. The number of fused-ring (bicyclic) bond motifs is 3. The van der Waals surface area contributed by atoms with Crippen molar-refractivity contribution in [3.05, 3.63) is 46.4 Å². The van der Waals surface area contributed by atoms with Crippen molar-refractivity contribution < 1.29 is 0 Å². The molecular weight excluding hydrogens is 247 g/mol. The Balaban J connectivity index is 2.63. The van der Waals surface area contributed by atoms with Gasteiger partial charge in [0.25, 0.3) is 0 Å². The van der Waals surface area contributed by atoms with Crippen molar-refractivity contribution in [1.82, 2.24) is 0 Å². The molecule has 0 unspecified atom stereocenters. The average molecular weight is 253 g/mol. The normalized spacial score (nSPS) is 11.3. The molecule has 0 atom stereocenters. The minimum absolute atomic E-state index is 0.796. The quantitative estimate of drug-likeness (QED) is 0.505. The van der Waals surface area contributed by atoms with Gasteiger partial charge in [0.05, 0.1) is 19.4 Å². The monoisotopic (exact) mass is 252 g/mol. The van der Waals surface area contributed by atoms with Crippen molar-refractivity contribution in [2.45, 2.75) is 0 Å². The molecule has 0 radical (unpaired) electrons. The molecule has 0 saturated heterocycles. The van der Waals surface area contributed by atoms with Crippen molar-refractivity contribution in [2.75, 3.05) is 0 Å². The van der Waals surface area contributed by atoms with Crippen LogP contribution in [0.4, 0.5) is 0 Å². The maximum absolute atomic E-state index is 6.15. The zero-order chi connectivity index (χ0) is 10.4. The van der Waals surface area contributed by atoms with Gasteiger partial charge in [0.2, 0.25) is 0 Å². The molecule has 0 N–H and O–H groups in total. The van der Waals surface area contributed by atoms with E-state index in [1.165, 1.54) is 10.8 Å². The van der Waals surface area contributed by atoms with Gasteiger partial charge in [-0.25, -0.2) is 0 Å². The third kappa shape index (κ3) is 1.35. The zero-order valence-corrected chi connectivity index (χ0v) is 9.96. The Labute approximate surface area is 101 Å². The molecule has 0 saturated carbocycles. The summed E-state index contributed by atoms with van der Waals surface area (Å²) in [4.78, 5) is 0. The number of hydrogen-bond donors (Lipinski definition) is 0. The fourth-order valence-corrected chi connectivity index (χ4v) is 3.44. The van der Waals surface area contributed by atoms with Gasteiger partial charge in [-0.05, 0) is 12.1 Å². The van der Waals surface area contributed by atoms with Gasteiger partial charge in [-0.3, -0.25) is 0 Å². The van der Waals surface area contributed by atoms with Crippen LogP contribution in [0, 0.1) is 0 Å². The summed E-state index contributed by atoms with van der Waals surface area (Å²) in [5.41, 5.74) is 0. The highest BCUT2D eigenvalue weighted by molar-refractivity contribution is 7.27. The SMILES string of the molecule is Clc1cccc2c1sc1c(Cl)cccc12. The molecular formula is C12H6Cl2S. The summed E-state index contributed by atoms with van der Waals surface area (Å²) in [7, 11) is 0. The summed E-state index contributed by atoms with van der Waals surface area (Å²) in [6.45, 7) is 0. The van der Waals surface area contributed by atoms with Crippen molar-refractivity contribution in [1.29, 1.82) is 0 Å². The highest BCUT2D eigenvalue weighted by atomic mass is 35.5. The second-order valence-corrected chi connectivity index (χ2v) is 5.17. The van der Waals surface area contributed by atoms with Gasteiger partial charge in [0.1, 0.15) is 0 Å². The van der Waals surface area contributed by atoms with Gasteiger partial charge >= 0.3 is 0 Å². The summed E-state index contributed by atoms with van der Waals surface area (Å²) in [6, 6.07) is 11.9. The van der Waals surface area contributed by atoms with Crippen molar-refractivity contribution in [2.24, 2.45) is 0 Å². The first-order valence-corrected chi connectivity index (χ1v) is 6.10. The summed E-state index contributed by atoms with van der Waals surface area (Å²) in [6.07, 6.45) is 0. The van der Waals surface area contributed by atoms with E-state index in [-0.39, 0.29) is 0 Å². The first-order valence-electron chi connectivity index (χ1n) is 4.52. The molecule has 0 bridgehead atoms. The molecule has 1 heterocycles. The molecule has 0 aliphatic carbocycles. The lowest BCUT2D eigenvalue weighted by molar-refractivity contribution is 1.84. The smallest absolute Gasteiger partial charge is 0.0584 e. The van der Waals surface area contributed by atoms with E-state index >= 15 is 0 Å². The van der Waals surface area contributed by atoms with Crippen LogP contribution < -0.4 is 0 Å². The van der Waals surface area contributed by atoms with Crippen LogP contribution in [0.2, 0.25) is 10.0 Å². The molecule has 0 amide bonds. The number of thiophene rings is 1. The first kappa shape index (κ1) is 9.46. The lowest BCUT2D eigenvalue weighted by atomic mass is 10.1. The number of halogens is 2. The Hall–Kier alpha value is -0.760. The van der Waals surface area contributed by atoms with E-state index in [0.29, 0.717) is 0 Å². The number of benzene rings is 2. The van der Waals surface area contributed by atoms with Crippen LogP contribution in [0.15, 0.2) is 36.4 Å². The fraction of sp³-hybridized carbons (Fsp3) is 0. The highest BCUT2D eigenvalue weighted by Crippen LogP contribution is 2.40. The molecule has 3 aromatic rings. The maximum atomic E-state index is 6.15. The summed E-state index contributed by atoms with van der Waals surface area (Å²) in [5, 5.41) is 3.96. The molecule has 1 aromatic heterocycles. The van der Waals surface area contributed by atoms with Crippen LogP contribution in [0.5, 0.6) is 0 Å². The molecule has 0 fully saturated rings. The molecule has 2 aromatic carbocycles. The third-order valence-electron chi connectivity index (χ3n) is 2.43. The second kappa shape index (κ2) is 3.38. The van der Waals surface area contributed by atoms with Crippen LogP contribution >= 0.6 is 34.5 Å². The van der Waals surface area contributed by atoms with Crippen LogP contribution in [-0.4, -0.2) is 0 Å². The second-order valence-electron chi connectivity index (χ2n) is 3.34. The van der Waals surface area contributed by atoms with E-state index < -0.39 is 0 Å². The Morgan fingerprint density at radius 3 is 1.67 bits per heavy atom. The first-order chi connectivity index (χ1) is 7.27. The lowest BCUT2D eigenvalue weighted by Crippen LogP contribution is -1.67. The van der Waals surface area contributed by atoms with E-state index in [4.69, 9.17) is 23.2 Å². The van der Waals surface area contributed by atoms with E-state index in [0.717, 1.165) is 19.4 Å². The number of rotatable bonds is 0. The number of hydrogen-bond acceptors (Lipinski definition) is 1. The van der Waals surface area contributed by atoms with Crippen molar-refractivity contribution in [3.8, 4) is 0 Å². The Kier molecular flexibility index (Phi) is 2.13. The van der Waals surface area contributed by atoms with Crippen LogP contribution in [0.3, 0.4) is 0 Å². The molecule has 3 heteroatoms. The van der Waals surface area contributed by atoms with Gasteiger partial charge < -0.3 is 0 Å². The van der Waals surface area contributed by atoms with E-state index in [9.17, 15) is 0 Å². The summed E-state index contributed by atoms with van der Waals surface area (Å²) >= 11 is 13.9. The van der Waals surface area contributed by atoms with Crippen LogP contribution in [-0.2, 0) is 0 Å². The van der Waals surface area contributed by atoms with Gasteiger partial charge in [0, 0.05) is 10.8 Å². The fourth-order valence-electron chi connectivity index (χ4n) is 1.75. The van der Waals surface area contributed by atoms with Crippen LogP contribution in [0.1, 0.15) is 0 Å². The Morgan fingerprint density at radius 2 is 1.20 bits per heavy atom. The third-order valence-corrected chi connectivity index (χ3v) is 4.57. The van der Waals surface area contributed by atoms with Gasteiger partial charge in [-0.15, -0.1) is 11.3 Å². The van der Waals surface area contributed by atoms with E-state index in [2.05, 4.69) is 12.1 Å². The highest BCUT2D eigenvalue weighted by Gasteiger charge is 2.08.